The molecule has 8 nitrogen and oxygen atoms in total. The smallest absolute Gasteiger partial charge is 0.351 e. The minimum Gasteiger partial charge on any atom is -0.458 e. The Labute approximate surface area is 148 Å². The zero-order valence-electron chi connectivity index (χ0n) is 13.7. The lowest BCUT2D eigenvalue weighted by Gasteiger charge is -2.09. The molecule has 0 saturated carbocycles. The van der Waals surface area contributed by atoms with Crippen LogP contribution in [-0.4, -0.2) is 37.0 Å². The summed E-state index contributed by atoms with van der Waals surface area (Å²) in [7, 11) is 0. The Kier molecular flexibility index (Phi) is 5.24. The lowest BCUT2D eigenvalue weighted by molar-refractivity contribution is 0.0341. The second-order valence-corrected chi connectivity index (χ2v) is 6.11. The Morgan fingerprint density at radius 1 is 1.24 bits per heavy atom. The van der Waals surface area contributed by atoms with Gasteiger partial charge in [-0.1, -0.05) is 18.3 Å². The summed E-state index contributed by atoms with van der Waals surface area (Å²) < 4.78 is 5.44. The lowest BCUT2D eigenvalue weighted by atomic mass is 10.2. The van der Waals surface area contributed by atoms with Gasteiger partial charge in [-0.3, -0.25) is 9.97 Å². The first kappa shape index (κ1) is 16.9. The van der Waals surface area contributed by atoms with Crippen molar-refractivity contribution in [2.24, 2.45) is 0 Å². The van der Waals surface area contributed by atoms with E-state index in [1.54, 1.807) is 37.1 Å². The van der Waals surface area contributed by atoms with E-state index < -0.39 is 5.97 Å². The summed E-state index contributed by atoms with van der Waals surface area (Å²) in [6, 6.07) is 1.72. The molecule has 0 bridgehead atoms. The molecule has 0 aromatic carbocycles. The van der Waals surface area contributed by atoms with Gasteiger partial charge in [-0.25, -0.2) is 19.7 Å². The van der Waals surface area contributed by atoms with Crippen LogP contribution in [0.4, 0.5) is 11.1 Å². The fraction of sp³-hybridized carbons (Fsp3) is 0.250. The predicted molar refractivity (Wildman–Crippen MR) is 93.6 cm³/mol. The molecule has 1 N–H and O–H groups in total. The number of aromatic nitrogens is 5. The Hall–Kier alpha value is -2.94. The number of hydrogen-bond acceptors (Lipinski definition) is 9. The Morgan fingerprint density at radius 3 is 2.72 bits per heavy atom. The van der Waals surface area contributed by atoms with Gasteiger partial charge in [-0.2, -0.15) is 0 Å². The largest absolute Gasteiger partial charge is 0.458 e. The third-order valence-electron chi connectivity index (χ3n) is 3.29. The molecule has 1 unspecified atom stereocenters. The summed E-state index contributed by atoms with van der Waals surface area (Å²) in [5, 5.41) is 3.46. The first-order valence-corrected chi connectivity index (χ1v) is 8.51. The van der Waals surface area contributed by atoms with Gasteiger partial charge >= 0.3 is 5.97 Å². The van der Waals surface area contributed by atoms with Crippen molar-refractivity contribution in [3.05, 3.63) is 41.9 Å². The third-order valence-corrected chi connectivity index (χ3v) is 4.24. The van der Waals surface area contributed by atoms with Gasteiger partial charge in [0.2, 0.25) is 5.95 Å². The predicted octanol–water partition coefficient (Wildman–Crippen LogP) is 3.09. The van der Waals surface area contributed by atoms with Crippen molar-refractivity contribution in [2.45, 2.75) is 26.4 Å². The minimum atomic E-state index is -0.436. The SMILES string of the molecule is CCC(C)OC(=O)c1sc(Nc2ncccn2)nc1-c1cnccn1. The normalized spacial score (nSPS) is 11.8. The molecule has 3 aromatic heterocycles. The van der Waals surface area contributed by atoms with Crippen LogP contribution in [0, 0.1) is 0 Å². The molecule has 3 heterocycles. The fourth-order valence-electron chi connectivity index (χ4n) is 1.89. The molecule has 1 atom stereocenters. The molecular weight excluding hydrogens is 340 g/mol. The fourth-order valence-corrected chi connectivity index (χ4v) is 2.74. The summed E-state index contributed by atoms with van der Waals surface area (Å²) in [4.78, 5) is 33.8. The number of nitrogens with zero attached hydrogens (tertiary/aromatic N) is 5. The molecule has 25 heavy (non-hydrogen) atoms. The van der Waals surface area contributed by atoms with Crippen molar-refractivity contribution in [3.63, 3.8) is 0 Å². The molecule has 9 heteroatoms. The highest BCUT2D eigenvalue weighted by Gasteiger charge is 2.23. The molecule has 0 radical (unpaired) electrons. The zero-order chi connectivity index (χ0) is 17.6. The molecule has 0 aliphatic carbocycles. The van der Waals surface area contributed by atoms with Crippen LogP contribution in [0.3, 0.4) is 0 Å². The average Bonchev–Trinajstić information content (AvgIpc) is 3.07. The maximum Gasteiger partial charge on any atom is 0.351 e. The number of esters is 1. The van der Waals surface area contributed by atoms with E-state index in [4.69, 9.17) is 4.74 Å². The molecule has 0 aliphatic heterocycles. The van der Waals surface area contributed by atoms with Crippen molar-refractivity contribution in [1.82, 2.24) is 24.9 Å². The summed E-state index contributed by atoms with van der Waals surface area (Å²) in [5.41, 5.74) is 0.918. The highest BCUT2D eigenvalue weighted by Crippen LogP contribution is 2.31. The summed E-state index contributed by atoms with van der Waals surface area (Å²) >= 11 is 1.17. The number of carbonyl (C=O) groups is 1. The highest BCUT2D eigenvalue weighted by molar-refractivity contribution is 7.18. The maximum atomic E-state index is 12.5. The Bertz CT molecular complexity index is 840. The van der Waals surface area contributed by atoms with Gasteiger partial charge in [-0.05, 0) is 19.4 Å². The van der Waals surface area contributed by atoms with Gasteiger partial charge < -0.3 is 10.1 Å². The van der Waals surface area contributed by atoms with Crippen molar-refractivity contribution in [1.29, 1.82) is 0 Å². The van der Waals surface area contributed by atoms with Crippen LogP contribution in [0.5, 0.6) is 0 Å². The van der Waals surface area contributed by atoms with Gasteiger partial charge in [0.25, 0.3) is 0 Å². The van der Waals surface area contributed by atoms with Crippen LogP contribution in [0.25, 0.3) is 11.4 Å². The van der Waals surface area contributed by atoms with Gasteiger partial charge in [-0.15, -0.1) is 0 Å². The topological polar surface area (TPSA) is 103 Å². The van der Waals surface area contributed by atoms with Gasteiger partial charge in [0.05, 0.1) is 12.3 Å². The van der Waals surface area contributed by atoms with Crippen LogP contribution in [0.2, 0.25) is 0 Å². The Balaban J connectivity index is 1.95. The molecule has 3 aromatic rings. The van der Waals surface area contributed by atoms with E-state index in [1.165, 1.54) is 11.3 Å². The van der Waals surface area contributed by atoms with E-state index in [0.29, 0.717) is 27.3 Å². The molecule has 0 saturated heterocycles. The van der Waals surface area contributed by atoms with E-state index in [0.717, 1.165) is 6.42 Å². The summed E-state index contributed by atoms with van der Waals surface area (Å²) in [6.45, 7) is 3.80. The number of hydrogen-bond donors (Lipinski definition) is 1. The van der Waals surface area contributed by atoms with Gasteiger partial charge in [0.1, 0.15) is 16.3 Å². The van der Waals surface area contributed by atoms with Crippen molar-refractivity contribution < 1.29 is 9.53 Å². The first-order valence-electron chi connectivity index (χ1n) is 7.69. The van der Waals surface area contributed by atoms with E-state index in [9.17, 15) is 4.79 Å². The van der Waals surface area contributed by atoms with Crippen molar-refractivity contribution in [3.8, 4) is 11.4 Å². The van der Waals surface area contributed by atoms with Crippen LogP contribution < -0.4 is 5.32 Å². The highest BCUT2D eigenvalue weighted by atomic mass is 32.1. The van der Waals surface area contributed by atoms with Gasteiger partial charge in [0.15, 0.2) is 5.13 Å². The quantitative estimate of drug-likeness (QED) is 0.672. The van der Waals surface area contributed by atoms with Crippen LogP contribution in [0.1, 0.15) is 29.9 Å². The van der Waals surface area contributed by atoms with Crippen LogP contribution >= 0.6 is 11.3 Å². The molecule has 3 rings (SSSR count). The second kappa shape index (κ2) is 7.75. The monoisotopic (exact) mass is 356 g/mol. The van der Waals surface area contributed by atoms with E-state index >= 15 is 0 Å². The zero-order valence-corrected chi connectivity index (χ0v) is 14.5. The molecular formula is C16H16N6O2S. The number of thiazole rings is 1. The third kappa shape index (κ3) is 4.13. The molecule has 0 aliphatic rings. The minimum absolute atomic E-state index is 0.182. The molecule has 0 spiro atoms. The molecule has 128 valence electrons. The van der Waals surface area contributed by atoms with E-state index in [2.05, 4.69) is 30.2 Å². The van der Waals surface area contributed by atoms with E-state index in [1.807, 2.05) is 13.8 Å². The van der Waals surface area contributed by atoms with Gasteiger partial charge in [0, 0.05) is 24.8 Å². The van der Waals surface area contributed by atoms with Crippen molar-refractivity contribution >= 4 is 28.4 Å². The standard InChI is InChI=1S/C16H16N6O2S/c1-3-10(2)24-14(23)13-12(11-9-17-7-8-18-11)21-16(25-13)22-15-19-5-4-6-20-15/h4-10H,3H2,1-2H3,(H,19,20,21,22). The van der Waals surface area contributed by atoms with Crippen LogP contribution in [-0.2, 0) is 4.74 Å². The number of carbonyl (C=O) groups excluding carboxylic acids is 1. The number of anilines is 2. The van der Waals surface area contributed by atoms with E-state index in [-0.39, 0.29) is 6.10 Å². The Morgan fingerprint density at radius 2 is 2.04 bits per heavy atom. The van der Waals surface area contributed by atoms with Crippen LogP contribution in [0.15, 0.2) is 37.1 Å². The number of ether oxygens (including phenoxy) is 1. The number of nitrogens with one attached hydrogen (secondary N) is 1. The average molecular weight is 356 g/mol. The first-order chi connectivity index (χ1) is 12.2. The molecule has 0 fully saturated rings. The molecule has 0 amide bonds. The second-order valence-electron chi connectivity index (χ2n) is 5.11. The summed E-state index contributed by atoms with van der Waals surface area (Å²) in [5.74, 6) is -0.0432. The number of rotatable bonds is 6. The van der Waals surface area contributed by atoms with Crippen molar-refractivity contribution in [2.75, 3.05) is 5.32 Å². The lowest BCUT2D eigenvalue weighted by Crippen LogP contribution is -2.13. The maximum absolute atomic E-state index is 12.5. The summed E-state index contributed by atoms with van der Waals surface area (Å²) in [6.07, 6.45) is 8.44.